The van der Waals surface area contributed by atoms with Crippen molar-refractivity contribution in [3.8, 4) is 17.0 Å². The average Bonchev–Trinajstić information content (AvgIpc) is 3.34. The van der Waals surface area contributed by atoms with Crippen molar-refractivity contribution in [3.63, 3.8) is 0 Å². The number of nitrogens with zero attached hydrogens (tertiary/aromatic N) is 2. The van der Waals surface area contributed by atoms with Gasteiger partial charge in [0.25, 0.3) is 0 Å². The number of benzene rings is 1. The number of aryl methyl sites for hydroxylation is 1. The van der Waals surface area contributed by atoms with E-state index in [4.69, 9.17) is 9.47 Å². The minimum absolute atomic E-state index is 0.191. The molecule has 1 spiro atoms. The van der Waals surface area contributed by atoms with E-state index in [1.807, 2.05) is 0 Å². The number of nitrogens with one attached hydrogen (secondary N) is 1. The molecule has 1 saturated carbocycles. The second-order valence-corrected chi connectivity index (χ2v) is 7.73. The number of H-pyrrole nitrogens is 1. The fraction of sp³-hybridized carbons (Fsp3) is 0.500. The Hall–Kier alpha value is -2.50. The molecule has 2 fully saturated rings. The third-order valence-electron chi connectivity index (χ3n) is 5.76. The Bertz CT molecular complexity index is 848. The van der Waals surface area contributed by atoms with Gasteiger partial charge >= 0.3 is 6.09 Å². The molecule has 6 heteroatoms. The number of carbonyl (C=O) groups excluding carboxylic acids is 1. The van der Waals surface area contributed by atoms with Crippen molar-refractivity contribution < 1.29 is 14.3 Å². The number of likely N-dealkylation sites (tertiary alicyclic amines) is 1. The molecule has 2 aliphatic heterocycles. The van der Waals surface area contributed by atoms with Crippen LogP contribution in [0.4, 0.5) is 4.79 Å². The topological polar surface area (TPSA) is 67.4 Å². The molecule has 1 amide bonds. The smallest absolute Gasteiger partial charge is 0.409 e. The first-order valence-corrected chi connectivity index (χ1v) is 9.40. The van der Waals surface area contributed by atoms with Gasteiger partial charge in [0.1, 0.15) is 5.75 Å². The molecule has 3 aliphatic rings. The number of rotatable bonds is 2. The van der Waals surface area contributed by atoms with Crippen LogP contribution in [0.3, 0.4) is 0 Å². The van der Waals surface area contributed by atoms with Gasteiger partial charge in [-0.1, -0.05) is 6.07 Å². The molecule has 3 heterocycles. The number of aromatic nitrogens is 2. The van der Waals surface area contributed by atoms with Gasteiger partial charge in [-0.15, -0.1) is 0 Å². The van der Waals surface area contributed by atoms with Crippen molar-refractivity contribution in [3.05, 3.63) is 35.8 Å². The monoisotopic (exact) mass is 353 g/mol. The number of piperidine rings is 1. The first kappa shape index (κ1) is 15.7. The van der Waals surface area contributed by atoms with E-state index < -0.39 is 5.60 Å². The highest BCUT2D eigenvalue weighted by molar-refractivity contribution is 5.73. The molecule has 1 aliphatic carbocycles. The highest BCUT2D eigenvalue weighted by Gasteiger charge is 2.46. The average molecular weight is 353 g/mol. The second kappa shape index (κ2) is 5.76. The van der Waals surface area contributed by atoms with E-state index in [-0.39, 0.29) is 6.09 Å². The summed E-state index contributed by atoms with van der Waals surface area (Å²) in [7, 11) is 0. The maximum absolute atomic E-state index is 12.3. The molecule has 1 saturated heterocycles. The summed E-state index contributed by atoms with van der Waals surface area (Å²) in [5, 5.41) is 0. The largest absolute Gasteiger partial charge is 0.480 e. The zero-order chi connectivity index (χ0) is 17.7. The number of hydrogen-bond acceptors (Lipinski definition) is 4. The van der Waals surface area contributed by atoms with E-state index in [1.54, 1.807) is 11.2 Å². The quantitative estimate of drug-likeness (QED) is 0.895. The van der Waals surface area contributed by atoms with Crippen LogP contribution in [0.25, 0.3) is 11.3 Å². The third-order valence-corrected chi connectivity index (χ3v) is 5.76. The van der Waals surface area contributed by atoms with Crippen molar-refractivity contribution in [1.82, 2.24) is 14.9 Å². The second-order valence-electron chi connectivity index (χ2n) is 7.73. The molecule has 0 radical (unpaired) electrons. The minimum Gasteiger partial charge on any atom is -0.480 e. The summed E-state index contributed by atoms with van der Waals surface area (Å²) >= 11 is 0. The number of amides is 1. The molecule has 2 aromatic rings. The first-order chi connectivity index (χ1) is 12.6. The van der Waals surface area contributed by atoms with Crippen LogP contribution in [0, 0.1) is 12.8 Å². The number of ether oxygens (including phenoxy) is 2. The summed E-state index contributed by atoms with van der Waals surface area (Å²) in [6, 6.07) is 6.23. The zero-order valence-corrected chi connectivity index (χ0v) is 15.0. The number of hydrogen-bond donors (Lipinski definition) is 1. The van der Waals surface area contributed by atoms with Crippen LogP contribution >= 0.6 is 0 Å². The normalized spacial score (nSPS) is 20.3. The Kier molecular flexibility index (Phi) is 3.48. The summed E-state index contributed by atoms with van der Waals surface area (Å²) in [6.45, 7) is 3.88. The predicted octanol–water partition coefficient (Wildman–Crippen LogP) is 3.62. The van der Waals surface area contributed by atoms with Crippen molar-refractivity contribution in [2.45, 2.75) is 38.2 Å². The Morgan fingerprint density at radius 1 is 1.38 bits per heavy atom. The Morgan fingerprint density at radius 2 is 2.19 bits per heavy atom. The highest BCUT2D eigenvalue weighted by atomic mass is 16.6. The SMILES string of the molecule is Cc1ccc2c(c1)OC1(CCN(C(=O)OCC3CC3)CC1)c1[nH]cnc1-2. The molecular weight excluding hydrogens is 330 g/mol. The van der Waals surface area contributed by atoms with E-state index in [0.29, 0.717) is 25.6 Å². The summed E-state index contributed by atoms with van der Waals surface area (Å²) < 4.78 is 11.9. The van der Waals surface area contributed by atoms with E-state index in [0.717, 1.165) is 35.5 Å². The molecular formula is C20H23N3O3. The molecule has 26 heavy (non-hydrogen) atoms. The molecule has 0 unspecified atom stereocenters. The van der Waals surface area contributed by atoms with Crippen LogP contribution in [0.5, 0.6) is 5.75 Å². The molecule has 136 valence electrons. The van der Waals surface area contributed by atoms with Crippen molar-refractivity contribution >= 4 is 6.09 Å². The molecule has 6 nitrogen and oxygen atoms in total. The van der Waals surface area contributed by atoms with Gasteiger partial charge in [-0.25, -0.2) is 9.78 Å². The van der Waals surface area contributed by atoms with E-state index in [9.17, 15) is 4.79 Å². The van der Waals surface area contributed by atoms with Gasteiger partial charge in [-0.3, -0.25) is 0 Å². The van der Waals surface area contributed by atoms with Crippen molar-refractivity contribution in [1.29, 1.82) is 0 Å². The van der Waals surface area contributed by atoms with Gasteiger partial charge in [0, 0.05) is 31.5 Å². The lowest BCUT2D eigenvalue weighted by molar-refractivity contribution is -0.00882. The van der Waals surface area contributed by atoms with Gasteiger partial charge < -0.3 is 19.4 Å². The van der Waals surface area contributed by atoms with Crippen LogP contribution in [0.2, 0.25) is 0 Å². The standard InChI is InChI=1S/C20H23N3O3/c1-13-2-5-15-16(10-13)26-20(18-17(15)21-12-22-18)6-8-23(9-7-20)19(24)25-11-14-3-4-14/h2,5,10,12,14H,3-4,6-9,11H2,1H3,(H,21,22). The first-order valence-electron chi connectivity index (χ1n) is 9.40. The number of carbonyl (C=O) groups is 1. The fourth-order valence-corrected chi connectivity index (χ4v) is 3.98. The van der Waals surface area contributed by atoms with Crippen molar-refractivity contribution in [2.24, 2.45) is 5.92 Å². The van der Waals surface area contributed by atoms with E-state index in [2.05, 4.69) is 35.1 Å². The fourth-order valence-electron chi connectivity index (χ4n) is 3.98. The summed E-state index contributed by atoms with van der Waals surface area (Å²) in [5.74, 6) is 1.47. The van der Waals surface area contributed by atoms with Gasteiger partial charge in [-0.05, 0) is 43.4 Å². The van der Waals surface area contributed by atoms with Crippen LogP contribution < -0.4 is 4.74 Å². The molecule has 1 aromatic carbocycles. The number of fused-ring (bicyclic) bond motifs is 4. The van der Waals surface area contributed by atoms with Crippen LogP contribution in [0.1, 0.15) is 36.9 Å². The maximum Gasteiger partial charge on any atom is 0.409 e. The van der Waals surface area contributed by atoms with Gasteiger partial charge in [-0.2, -0.15) is 0 Å². The Morgan fingerprint density at radius 3 is 2.96 bits per heavy atom. The lowest BCUT2D eigenvalue weighted by Crippen LogP contribution is -2.49. The van der Waals surface area contributed by atoms with Crippen LogP contribution in [-0.4, -0.2) is 40.7 Å². The Labute approximate surface area is 152 Å². The van der Waals surface area contributed by atoms with Crippen molar-refractivity contribution in [2.75, 3.05) is 19.7 Å². The third kappa shape index (κ3) is 2.55. The van der Waals surface area contributed by atoms with E-state index >= 15 is 0 Å². The molecule has 1 N–H and O–H groups in total. The molecule has 5 rings (SSSR count). The lowest BCUT2D eigenvalue weighted by atomic mass is 9.83. The number of aromatic amines is 1. The maximum atomic E-state index is 12.3. The summed E-state index contributed by atoms with van der Waals surface area (Å²) in [5.41, 5.74) is 3.75. The van der Waals surface area contributed by atoms with Crippen LogP contribution in [-0.2, 0) is 10.3 Å². The predicted molar refractivity (Wildman–Crippen MR) is 95.9 cm³/mol. The summed E-state index contributed by atoms with van der Waals surface area (Å²) in [6.07, 6.45) is 5.38. The molecule has 0 atom stereocenters. The lowest BCUT2D eigenvalue weighted by Gasteiger charge is -2.43. The van der Waals surface area contributed by atoms with E-state index in [1.165, 1.54) is 18.4 Å². The highest BCUT2D eigenvalue weighted by Crippen LogP contribution is 2.48. The Balaban J connectivity index is 1.36. The number of imidazole rings is 1. The summed E-state index contributed by atoms with van der Waals surface area (Å²) in [4.78, 5) is 21.9. The zero-order valence-electron chi connectivity index (χ0n) is 15.0. The molecule has 1 aromatic heterocycles. The van der Waals surface area contributed by atoms with Gasteiger partial charge in [0.15, 0.2) is 5.60 Å². The minimum atomic E-state index is -0.445. The molecule has 0 bridgehead atoms. The van der Waals surface area contributed by atoms with Crippen LogP contribution in [0.15, 0.2) is 24.5 Å². The van der Waals surface area contributed by atoms with Gasteiger partial charge in [0.2, 0.25) is 0 Å². The van der Waals surface area contributed by atoms with Gasteiger partial charge in [0.05, 0.1) is 24.3 Å².